The maximum atomic E-state index is 12.5. The molecule has 0 radical (unpaired) electrons. The summed E-state index contributed by atoms with van der Waals surface area (Å²) in [6, 6.07) is 9.61. The van der Waals surface area contributed by atoms with Crippen LogP contribution in [0.1, 0.15) is 32.3 Å². The number of imide groups is 1. The number of amides is 2. The summed E-state index contributed by atoms with van der Waals surface area (Å²) < 4.78 is 0. The van der Waals surface area contributed by atoms with E-state index >= 15 is 0 Å². The van der Waals surface area contributed by atoms with Crippen molar-refractivity contribution in [3.8, 4) is 0 Å². The fourth-order valence-electron chi connectivity index (χ4n) is 2.41. The van der Waals surface area contributed by atoms with Crippen molar-refractivity contribution in [2.45, 2.75) is 26.7 Å². The van der Waals surface area contributed by atoms with E-state index in [-0.39, 0.29) is 11.1 Å². The second-order valence-electron chi connectivity index (χ2n) is 5.28. The lowest BCUT2D eigenvalue weighted by atomic mass is 10.2. The van der Waals surface area contributed by atoms with Crippen LogP contribution < -0.4 is 0 Å². The number of hydrogen-bond donors (Lipinski definition) is 0. The van der Waals surface area contributed by atoms with Crippen molar-refractivity contribution in [1.29, 1.82) is 0 Å². The molecule has 1 aromatic carbocycles. The monoisotopic (exact) mass is 318 g/mol. The predicted octanol–water partition coefficient (Wildman–Crippen LogP) is 3.80. The van der Waals surface area contributed by atoms with Gasteiger partial charge in [-0.05, 0) is 49.3 Å². The number of nitrogens with zero attached hydrogens (tertiary/aromatic N) is 2. The molecule has 1 saturated heterocycles. The van der Waals surface area contributed by atoms with E-state index < -0.39 is 0 Å². The van der Waals surface area contributed by atoms with Gasteiger partial charge in [0.05, 0.1) is 11.6 Å². The minimum atomic E-state index is -0.184. The Kier molecular flexibility index (Phi) is 6.21. The third-order valence-corrected chi connectivity index (χ3v) is 4.30. The number of carbonyl (C=O) groups excluding carboxylic acids is 2. The zero-order valence-electron chi connectivity index (χ0n) is 13.1. The zero-order chi connectivity index (χ0) is 15.9. The van der Waals surface area contributed by atoms with Gasteiger partial charge >= 0.3 is 0 Å². The van der Waals surface area contributed by atoms with Gasteiger partial charge in [0.25, 0.3) is 11.1 Å². The van der Waals surface area contributed by atoms with Gasteiger partial charge in [-0.1, -0.05) is 44.2 Å². The van der Waals surface area contributed by atoms with Crippen LogP contribution in [-0.4, -0.2) is 40.7 Å². The number of rotatable bonds is 7. The van der Waals surface area contributed by atoms with E-state index in [0.717, 1.165) is 43.3 Å². The van der Waals surface area contributed by atoms with Gasteiger partial charge in [0, 0.05) is 0 Å². The highest BCUT2D eigenvalue weighted by atomic mass is 32.2. The molecule has 2 rings (SSSR count). The molecule has 1 aromatic rings. The van der Waals surface area contributed by atoms with Crippen molar-refractivity contribution >= 4 is 29.0 Å². The first-order chi connectivity index (χ1) is 10.7. The number of thioether (sulfide) groups is 1. The van der Waals surface area contributed by atoms with E-state index in [2.05, 4.69) is 18.7 Å². The highest BCUT2D eigenvalue weighted by Crippen LogP contribution is 2.32. The molecule has 0 N–H and O–H groups in total. The van der Waals surface area contributed by atoms with Gasteiger partial charge in [0.2, 0.25) is 0 Å². The van der Waals surface area contributed by atoms with E-state index in [1.165, 1.54) is 4.90 Å². The van der Waals surface area contributed by atoms with Gasteiger partial charge in [0.1, 0.15) is 0 Å². The summed E-state index contributed by atoms with van der Waals surface area (Å²) >= 11 is 1.03. The maximum absolute atomic E-state index is 12.5. The normalized spacial score (nSPS) is 17.0. The molecule has 0 bridgehead atoms. The van der Waals surface area contributed by atoms with Gasteiger partial charge in [-0.3, -0.25) is 19.4 Å². The minimum Gasteiger partial charge on any atom is -0.286 e. The van der Waals surface area contributed by atoms with Crippen molar-refractivity contribution in [3.05, 3.63) is 40.8 Å². The molecule has 1 aliphatic heterocycles. The van der Waals surface area contributed by atoms with Crippen LogP contribution in [0.2, 0.25) is 0 Å². The van der Waals surface area contributed by atoms with Gasteiger partial charge in [-0.2, -0.15) is 0 Å². The summed E-state index contributed by atoms with van der Waals surface area (Å²) in [4.78, 5) is 28.6. The van der Waals surface area contributed by atoms with Crippen molar-refractivity contribution < 1.29 is 9.59 Å². The Balaban J connectivity index is 2.10. The Bertz CT molecular complexity index is 551. The highest BCUT2D eigenvalue weighted by Gasteiger charge is 2.35. The fourth-order valence-corrected chi connectivity index (χ4v) is 3.24. The van der Waals surface area contributed by atoms with Crippen molar-refractivity contribution in [2.75, 3.05) is 19.8 Å². The number of benzene rings is 1. The fraction of sp³-hybridized carbons (Fsp3) is 0.412. The smallest absolute Gasteiger partial charge is 0.286 e. The van der Waals surface area contributed by atoms with Crippen molar-refractivity contribution in [1.82, 2.24) is 9.80 Å². The molecule has 5 heteroatoms. The molecule has 0 unspecified atom stereocenters. The molecule has 118 valence electrons. The molecule has 1 aliphatic rings. The third kappa shape index (κ3) is 4.21. The summed E-state index contributed by atoms with van der Waals surface area (Å²) in [6.07, 6.45) is 3.81. The molecule has 0 aliphatic carbocycles. The predicted molar refractivity (Wildman–Crippen MR) is 91.3 cm³/mol. The number of hydrogen-bond acceptors (Lipinski definition) is 4. The second-order valence-corrected chi connectivity index (χ2v) is 6.27. The quantitative estimate of drug-likeness (QED) is 0.717. The van der Waals surface area contributed by atoms with Gasteiger partial charge in [0.15, 0.2) is 0 Å². The van der Waals surface area contributed by atoms with Crippen LogP contribution in [0.4, 0.5) is 4.79 Å². The Labute approximate surface area is 136 Å². The number of carbonyl (C=O) groups is 2. The highest BCUT2D eigenvalue weighted by molar-refractivity contribution is 8.18. The van der Waals surface area contributed by atoms with Crippen LogP contribution >= 0.6 is 11.8 Å². The van der Waals surface area contributed by atoms with Crippen LogP contribution in [0.25, 0.3) is 6.08 Å². The molecule has 4 nitrogen and oxygen atoms in total. The van der Waals surface area contributed by atoms with Crippen molar-refractivity contribution in [2.24, 2.45) is 0 Å². The van der Waals surface area contributed by atoms with Gasteiger partial charge in [-0.25, -0.2) is 0 Å². The standard InChI is InChI=1S/C17H22N2O2S/c1-3-10-18(11-4-2)13-19-16(20)15(22-17(19)21)12-14-8-6-5-7-9-14/h5-9,12H,3-4,10-11,13H2,1-2H3. The first kappa shape index (κ1) is 16.8. The Morgan fingerprint density at radius 3 is 2.32 bits per heavy atom. The first-order valence-electron chi connectivity index (χ1n) is 7.68. The summed E-state index contributed by atoms with van der Waals surface area (Å²) in [5.74, 6) is -0.184. The van der Waals surface area contributed by atoms with Gasteiger partial charge in [-0.15, -0.1) is 0 Å². The molecule has 1 fully saturated rings. The van der Waals surface area contributed by atoms with Gasteiger partial charge < -0.3 is 0 Å². The summed E-state index contributed by atoms with van der Waals surface area (Å²) in [7, 11) is 0. The molecule has 1 heterocycles. The molecule has 0 spiro atoms. The van der Waals surface area contributed by atoms with Crippen LogP contribution in [0.5, 0.6) is 0 Å². The molecule has 2 amide bonds. The van der Waals surface area contributed by atoms with Crippen LogP contribution in [0.15, 0.2) is 35.2 Å². The molecule has 22 heavy (non-hydrogen) atoms. The van der Waals surface area contributed by atoms with E-state index in [1.807, 2.05) is 30.3 Å². The van der Waals surface area contributed by atoms with E-state index in [1.54, 1.807) is 6.08 Å². The van der Waals surface area contributed by atoms with E-state index in [4.69, 9.17) is 0 Å². The molecule has 0 aromatic heterocycles. The Hall–Kier alpha value is -1.59. The zero-order valence-corrected chi connectivity index (χ0v) is 13.9. The second kappa shape index (κ2) is 8.15. The Morgan fingerprint density at radius 1 is 1.09 bits per heavy atom. The Morgan fingerprint density at radius 2 is 1.73 bits per heavy atom. The topological polar surface area (TPSA) is 40.6 Å². The average Bonchev–Trinajstić information content (AvgIpc) is 2.76. The summed E-state index contributed by atoms with van der Waals surface area (Å²) in [5.41, 5.74) is 0.937. The third-order valence-electron chi connectivity index (χ3n) is 3.39. The minimum absolute atomic E-state index is 0.176. The lowest BCUT2D eigenvalue weighted by Gasteiger charge is -2.25. The largest absolute Gasteiger partial charge is 0.294 e. The molecular formula is C17H22N2O2S. The summed E-state index contributed by atoms with van der Waals surface area (Å²) in [5, 5.41) is -0.176. The van der Waals surface area contributed by atoms with Crippen molar-refractivity contribution in [3.63, 3.8) is 0 Å². The molecule has 0 atom stereocenters. The SMILES string of the molecule is CCCN(CCC)CN1C(=O)SC(=Cc2ccccc2)C1=O. The lowest BCUT2D eigenvalue weighted by Crippen LogP contribution is -2.41. The summed E-state index contributed by atoms with van der Waals surface area (Å²) in [6.45, 7) is 6.39. The molecular weight excluding hydrogens is 296 g/mol. The van der Waals surface area contributed by atoms with E-state index in [0.29, 0.717) is 11.6 Å². The van der Waals surface area contributed by atoms with Crippen LogP contribution in [-0.2, 0) is 4.79 Å². The lowest BCUT2D eigenvalue weighted by molar-refractivity contribution is -0.124. The molecule has 0 saturated carbocycles. The average molecular weight is 318 g/mol. The first-order valence-corrected chi connectivity index (χ1v) is 8.50. The van der Waals surface area contributed by atoms with E-state index in [9.17, 15) is 9.59 Å². The maximum Gasteiger partial charge on any atom is 0.294 e. The van der Waals surface area contributed by atoms with Crippen LogP contribution in [0, 0.1) is 0 Å². The van der Waals surface area contributed by atoms with Crippen LogP contribution in [0.3, 0.4) is 0 Å².